The summed E-state index contributed by atoms with van der Waals surface area (Å²) in [4.78, 5) is 18.3. The van der Waals surface area contributed by atoms with E-state index in [9.17, 15) is 15.3 Å². The summed E-state index contributed by atoms with van der Waals surface area (Å²) in [6.07, 6.45) is 2.70. The van der Waals surface area contributed by atoms with Gasteiger partial charge in [-0.3, -0.25) is 4.98 Å². The molecule has 1 fully saturated rings. The van der Waals surface area contributed by atoms with Crippen LogP contribution in [-0.4, -0.2) is 78.4 Å². The maximum atomic E-state index is 11.2. The first-order chi connectivity index (χ1) is 16.5. The SMILES string of the molecule is CCOCCNc1nc(C)c(-c2nc3cnccc3s2)c(NC2CC(C(C)(C)O)C(O)C2(C)O)n1. The average Bonchev–Trinajstić information content (AvgIpc) is 3.30. The van der Waals surface area contributed by atoms with Gasteiger partial charge < -0.3 is 30.7 Å². The van der Waals surface area contributed by atoms with Crippen molar-refractivity contribution in [2.45, 2.75) is 64.4 Å². The quantitative estimate of drug-likeness (QED) is 0.277. The molecule has 3 aromatic rings. The van der Waals surface area contributed by atoms with Gasteiger partial charge in [-0.1, -0.05) is 0 Å². The van der Waals surface area contributed by atoms with Crippen molar-refractivity contribution in [1.82, 2.24) is 19.9 Å². The second-order valence-corrected chi connectivity index (χ2v) is 10.7. The van der Waals surface area contributed by atoms with Crippen molar-refractivity contribution >= 4 is 33.3 Å². The Morgan fingerprint density at radius 3 is 2.71 bits per heavy atom. The lowest BCUT2D eigenvalue weighted by atomic mass is 9.86. The van der Waals surface area contributed by atoms with Gasteiger partial charge in [0.2, 0.25) is 5.95 Å². The van der Waals surface area contributed by atoms with E-state index in [2.05, 4.69) is 20.6 Å². The molecule has 3 heterocycles. The van der Waals surface area contributed by atoms with Crippen molar-refractivity contribution in [1.29, 1.82) is 0 Å². The summed E-state index contributed by atoms with van der Waals surface area (Å²) in [6, 6.07) is 1.35. The smallest absolute Gasteiger partial charge is 0.224 e. The molecule has 0 bridgehead atoms. The Bertz CT molecular complexity index is 1150. The monoisotopic (exact) mass is 502 g/mol. The van der Waals surface area contributed by atoms with E-state index in [1.807, 2.05) is 19.9 Å². The molecule has 0 saturated heterocycles. The van der Waals surface area contributed by atoms with Gasteiger partial charge >= 0.3 is 0 Å². The van der Waals surface area contributed by atoms with Gasteiger partial charge in [0.15, 0.2) is 0 Å². The highest BCUT2D eigenvalue weighted by Gasteiger charge is 2.55. The zero-order chi connectivity index (χ0) is 25.4. The van der Waals surface area contributed by atoms with E-state index >= 15 is 0 Å². The molecule has 190 valence electrons. The molecule has 4 unspecified atom stereocenters. The third-order valence-corrected chi connectivity index (χ3v) is 7.67. The van der Waals surface area contributed by atoms with Crippen molar-refractivity contribution in [3.8, 4) is 10.6 Å². The fourth-order valence-electron chi connectivity index (χ4n) is 4.56. The lowest BCUT2D eigenvalue weighted by Gasteiger charge is -2.32. The Hall–Kier alpha value is -2.44. The molecule has 1 saturated carbocycles. The number of nitrogens with zero attached hydrogens (tertiary/aromatic N) is 4. The van der Waals surface area contributed by atoms with Gasteiger partial charge in [0.05, 0.1) is 46.5 Å². The number of anilines is 2. The number of aliphatic hydroxyl groups excluding tert-OH is 1. The van der Waals surface area contributed by atoms with E-state index < -0.39 is 29.3 Å². The zero-order valence-corrected chi connectivity index (χ0v) is 21.6. The second-order valence-electron chi connectivity index (χ2n) is 9.71. The number of aliphatic hydroxyl groups is 3. The van der Waals surface area contributed by atoms with Crippen LogP contribution >= 0.6 is 11.3 Å². The first-order valence-corrected chi connectivity index (χ1v) is 12.6. The summed E-state index contributed by atoms with van der Waals surface area (Å²) in [7, 11) is 0. The highest BCUT2D eigenvalue weighted by Crippen LogP contribution is 2.43. The predicted octanol–water partition coefficient (Wildman–Crippen LogP) is 2.59. The number of rotatable bonds is 9. The minimum atomic E-state index is -1.49. The first-order valence-electron chi connectivity index (χ1n) is 11.8. The number of thiazole rings is 1. The molecule has 5 N–H and O–H groups in total. The summed E-state index contributed by atoms with van der Waals surface area (Å²) in [5.41, 5.74) is -0.428. The molecule has 0 spiro atoms. The highest BCUT2D eigenvalue weighted by molar-refractivity contribution is 7.21. The van der Waals surface area contributed by atoms with E-state index in [-0.39, 0.29) is 0 Å². The highest BCUT2D eigenvalue weighted by atomic mass is 32.1. The molecule has 4 atom stereocenters. The number of nitrogens with one attached hydrogen (secondary N) is 2. The van der Waals surface area contributed by atoms with Crippen LogP contribution in [-0.2, 0) is 4.74 Å². The number of fused-ring (bicyclic) bond motifs is 1. The molecule has 0 radical (unpaired) electrons. The lowest BCUT2D eigenvalue weighted by molar-refractivity contribution is -0.0984. The number of ether oxygens (including phenoxy) is 1. The number of hydrogen-bond acceptors (Lipinski definition) is 11. The maximum Gasteiger partial charge on any atom is 0.224 e. The summed E-state index contributed by atoms with van der Waals surface area (Å²) in [5, 5.41) is 39.9. The summed E-state index contributed by atoms with van der Waals surface area (Å²) >= 11 is 1.51. The van der Waals surface area contributed by atoms with Gasteiger partial charge in [-0.15, -0.1) is 11.3 Å². The molecule has 11 heteroatoms. The molecule has 1 aliphatic rings. The fourth-order valence-corrected chi connectivity index (χ4v) is 5.59. The van der Waals surface area contributed by atoms with Crippen LogP contribution in [0.1, 0.15) is 39.8 Å². The maximum absolute atomic E-state index is 11.2. The standard InChI is InChI=1S/C24H34N6O4S/c1-6-34-10-9-26-22-27-13(2)18(21-28-15-12-25-8-7-16(15)35-21)20(30-22)29-17-11-14(23(3,4)32)19(31)24(17,5)33/h7-8,12,14,17,19,31-33H,6,9-11H2,1-5H3,(H2,26,27,29,30). The van der Waals surface area contributed by atoms with Crippen LogP contribution < -0.4 is 10.6 Å². The van der Waals surface area contributed by atoms with Crippen LogP contribution in [0.3, 0.4) is 0 Å². The van der Waals surface area contributed by atoms with Crippen LogP contribution in [0.4, 0.5) is 11.8 Å². The van der Waals surface area contributed by atoms with E-state index in [1.165, 1.54) is 11.3 Å². The topological polar surface area (TPSA) is 146 Å². The van der Waals surface area contributed by atoms with Gasteiger partial charge in [0.25, 0.3) is 0 Å². The Morgan fingerprint density at radius 1 is 1.29 bits per heavy atom. The number of pyridine rings is 1. The summed E-state index contributed by atoms with van der Waals surface area (Å²) < 4.78 is 6.39. The van der Waals surface area contributed by atoms with Gasteiger partial charge in [0, 0.05) is 25.3 Å². The van der Waals surface area contributed by atoms with E-state index in [4.69, 9.17) is 14.7 Å². The van der Waals surface area contributed by atoms with Crippen molar-refractivity contribution in [3.63, 3.8) is 0 Å². The minimum Gasteiger partial charge on any atom is -0.390 e. The van der Waals surface area contributed by atoms with Crippen LogP contribution in [0.25, 0.3) is 20.8 Å². The molecular weight excluding hydrogens is 468 g/mol. The normalized spacial score (nSPS) is 24.7. The molecule has 10 nitrogen and oxygen atoms in total. The Kier molecular flexibility index (Phi) is 7.26. The Labute approximate surface area is 208 Å². The average molecular weight is 503 g/mol. The molecule has 0 aromatic carbocycles. The zero-order valence-electron chi connectivity index (χ0n) is 20.7. The van der Waals surface area contributed by atoms with Crippen molar-refractivity contribution in [2.24, 2.45) is 5.92 Å². The largest absolute Gasteiger partial charge is 0.390 e. The molecule has 0 amide bonds. The summed E-state index contributed by atoms with van der Waals surface area (Å²) in [5.74, 6) is 0.407. The molecule has 35 heavy (non-hydrogen) atoms. The number of aryl methyl sites for hydroxylation is 1. The lowest BCUT2D eigenvalue weighted by Crippen LogP contribution is -2.49. The van der Waals surface area contributed by atoms with E-state index in [1.54, 1.807) is 33.2 Å². The van der Waals surface area contributed by atoms with Crippen LogP contribution in [0.15, 0.2) is 18.5 Å². The van der Waals surface area contributed by atoms with Gasteiger partial charge in [-0.25, -0.2) is 9.97 Å². The van der Waals surface area contributed by atoms with Gasteiger partial charge in [-0.05, 0) is 47.1 Å². The first kappa shape index (κ1) is 25.6. The Morgan fingerprint density at radius 2 is 2.06 bits per heavy atom. The van der Waals surface area contributed by atoms with E-state index in [0.29, 0.717) is 43.6 Å². The predicted molar refractivity (Wildman–Crippen MR) is 137 cm³/mol. The molecular formula is C24H34N6O4S. The molecule has 0 aliphatic heterocycles. The van der Waals surface area contributed by atoms with E-state index in [0.717, 1.165) is 20.8 Å². The number of hydrogen-bond donors (Lipinski definition) is 5. The Balaban J connectivity index is 1.73. The van der Waals surface area contributed by atoms with Crippen molar-refractivity contribution in [2.75, 3.05) is 30.4 Å². The van der Waals surface area contributed by atoms with Crippen LogP contribution in [0.2, 0.25) is 0 Å². The molecule has 4 rings (SSSR count). The van der Waals surface area contributed by atoms with Crippen molar-refractivity contribution < 1.29 is 20.1 Å². The minimum absolute atomic E-state index is 0.358. The van der Waals surface area contributed by atoms with Gasteiger partial charge in [0.1, 0.15) is 21.9 Å². The van der Waals surface area contributed by atoms with Crippen LogP contribution in [0, 0.1) is 12.8 Å². The molecule has 3 aromatic heterocycles. The summed E-state index contributed by atoms with van der Waals surface area (Å²) in [6.45, 7) is 10.4. The van der Waals surface area contributed by atoms with Crippen molar-refractivity contribution in [3.05, 3.63) is 24.2 Å². The second kappa shape index (κ2) is 9.90. The van der Waals surface area contributed by atoms with Gasteiger partial charge in [-0.2, -0.15) is 4.98 Å². The van der Waals surface area contributed by atoms with Crippen LogP contribution in [0.5, 0.6) is 0 Å². The molecule has 1 aliphatic carbocycles. The fraction of sp³-hybridized carbons (Fsp3) is 0.583. The third-order valence-electron chi connectivity index (χ3n) is 6.62. The number of aromatic nitrogens is 4. The third kappa shape index (κ3) is 5.24.